The molecule has 0 bridgehead atoms. The number of hydrogen-bond acceptors (Lipinski definition) is 5. The highest BCUT2D eigenvalue weighted by Gasteiger charge is 2.23. The summed E-state index contributed by atoms with van der Waals surface area (Å²) in [6.45, 7) is 4.27. The third kappa shape index (κ3) is 7.53. The van der Waals surface area contributed by atoms with Crippen molar-refractivity contribution in [3.63, 3.8) is 0 Å². The first-order valence-corrected chi connectivity index (χ1v) is 11.9. The van der Waals surface area contributed by atoms with E-state index in [1.807, 2.05) is 12.1 Å². The Morgan fingerprint density at radius 2 is 1.83 bits per heavy atom. The van der Waals surface area contributed by atoms with Gasteiger partial charge < -0.3 is 4.74 Å². The average Bonchev–Trinajstić information content (AvgIpc) is 3.14. The van der Waals surface area contributed by atoms with Crippen LogP contribution in [0.15, 0.2) is 41.3 Å². The third-order valence-corrected chi connectivity index (χ3v) is 7.27. The van der Waals surface area contributed by atoms with Crippen LogP contribution in [0.1, 0.15) is 55.3 Å². The Morgan fingerprint density at radius 1 is 1.14 bits per heavy atom. The number of nitrogens with one attached hydrogen (secondary N) is 1. The van der Waals surface area contributed by atoms with Gasteiger partial charge in [0.05, 0.1) is 24.5 Å². The summed E-state index contributed by atoms with van der Waals surface area (Å²) in [5.74, 6) is -0.223. The van der Waals surface area contributed by atoms with Gasteiger partial charge >= 0.3 is 5.97 Å². The summed E-state index contributed by atoms with van der Waals surface area (Å²) >= 11 is 1.50. The summed E-state index contributed by atoms with van der Waals surface area (Å²) in [5.41, 5.74) is 0. The summed E-state index contributed by atoms with van der Waals surface area (Å²) in [6.07, 6.45) is 3.38. The molecule has 2 rings (SSSR count). The van der Waals surface area contributed by atoms with Gasteiger partial charge in [0.2, 0.25) is 10.0 Å². The van der Waals surface area contributed by atoms with Gasteiger partial charge in [-0.15, -0.1) is 11.3 Å². The Kier molecular flexibility index (Phi) is 8.79. The van der Waals surface area contributed by atoms with E-state index in [1.54, 1.807) is 0 Å². The van der Waals surface area contributed by atoms with Crippen molar-refractivity contribution in [2.45, 2.75) is 56.9 Å². The zero-order valence-corrected chi connectivity index (χ0v) is 18.6. The zero-order valence-electron chi connectivity index (χ0n) is 17.0. The smallest absolute Gasteiger partial charge is 0.305 e. The molecule has 0 aliphatic carbocycles. The number of benzene rings is 1. The minimum absolute atomic E-state index is 0.0373. The van der Waals surface area contributed by atoms with Gasteiger partial charge in [0.1, 0.15) is 5.82 Å². The van der Waals surface area contributed by atoms with Crippen LogP contribution in [-0.4, -0.2) is 21.5 Å². The first kappa shape index (κ1) is 23.5. The fraction of sp³-hybridized carbons (Fsp3) is 0.476. The number of aryl methyl sites for hydroxylation is 1. The Labute approximate surface area is 176 Å². The summed E-state index contributed by atoms with van der Waals surface area (Å²) in [5, 5.41) is 0. The van der Waals surface area contributed by atoms with Crippen molar-refractivity contribution in [3.8, 4) is 0 Å². The van der Waals surface area contributed by atoms with Crippen LogP contribution in [0.2, 0.25) is 0 Å². The highest BCUT2D eigenvalue weighted by Crippen LogP contribution is 2.30. The highest BCUT2D eigenvalue weighted by atomic mass is 32.2. The molecular formula is C21H28FNO4S2. The second kappa shape index (κ2) is 10.8. The second-order valence-electron chi connectivity index (χ2n) is 7.33. The highest BCUT2D eigenvalue weighted by molar-refractivity contribution is 7.89. The fourth-order valence-electron chi connectivity index (χ4n) is 2.90. The predicted molar refractivity (Wildman–Crippen MR) is 113 cm³/mol. The number of halogens is 1. The molecule has 0 fully saturated rings. The standard InChI is InChI=1S/C21H28FNO4S2/c1-15(2)5-4-6-19(20-13-9-17(28-20)10-14-21(24)27-3)23-29(25,26)18-11-7-16(22)8-12-18/h7-9,11-13,15,19,23H,4-6,10,14H2,1-3H3. The van der Waals surface area contributed by atoms with Crippen LogP contribution < -0.4 is 4.72 Å². The van der Waals surface area contributed by atoms with Gasteiger partial charge in [0, 0.05) is 9.75 Å². The number of thiophene rings is 1. The van der Waals surface area contributed by atoms with Crippen molar-refractivity contribution in [1.82, 2.24) is 4.72 Å². The van der Waals surface area contributed by atoms with Gasteiger partial charge in [-0.1, -0.05) is 26.7 Å². The summed E-state index contributed by atoms with van der Waals surface area (Å²) in [4.78, 5) is 13.3. The van der Waals surface area contributed by atoms with Crippen LogP contribution in [0.4, 0.5) is 4.39 Å². The molecule has 0 saturated carbocycles. The third-order valence-electron chi connectivity index (χ3n) is 4.52. The number of methoxy groups -OCH3 is 1. The van der Waals surface area contributed by atoms with Crippen LogP contribution >= 0.6 is 11.3 Å². The van der Waals surface area contributed by atoms with E-state index in [0.29, 0.717) is 18.8 Å². The van der Waals surface area contributed by atoms with Crippen LogP contribution in [0, 0.1) is 11.7 Å². The van der Waals surface area contributed by atoms with Crippen LogP contribution in [0.3, 0.4) is 0 Å². The molecular weight excluding hydrogens is 413 g/mol. The Bertz CT molecular complexity index is 892. The molecule has 1 atom stereocenters. The predicted octanol–water partition coefficient (Wildman–Crippen LogP) is 4.84. The lowest BCUT2D eigenvalue weighted by molar-refractivity contribution is -0.140. The maximum atomic E-state index is 13.2. The van der Waals surface area contributed by atoms with Crippen molar-refractivity contribution in [3.05, 3.63) is 52.0 Å². The number of carbonyl (C=O) groups excluding carboxylic acids is 1. The van der Waals surface area contributed by atoms with Crippen LogP contribution in [0.25, 0.3) is 0 Å². The average molecular weight is 442 g/mol. The topological polar surface area (TPSA) is 72.5 Å². The molecule has 0 radical (unpaired) electrons. The van der Waals surface area contributed by atoms with E-state index in [2.05, 4.69) is 23.3 Å². The molecule has 1 aromatic heterocycles. The lowest BCUT2D eigenvalue weighted by Crippen LogP contribution is -2.28. The number of sulfonamides is 1. The number of carbonyl (C=O) groups is 1. The van der Waals surface area contributed by atoms with Crippen molar-refractivity contribution in [1.29, 1.82) is 0 Å². The first-order valence-electron chi connectivity index (χ1n) is 9.64. The Morgan fingerprint density at radius 3 is 2.45 bits per heavy atom. The van der Waals surface area contributed by atoms with Crippen LogP contribution in [-0.2, 0) is 26.0 Å². The summed E-state index contributed by atoms with van der Waals surface area (Å²) in [6, 6.07) is 8.25. The van der Waals surface area contributed by atoms with Gasteiger partial charge in [-0.05, 0) is 55.2 Å². The minimum Gasteiger partial charge on any atom is -0.469 e. The largest absolute Gasteiger partial charge is 0.469 e. The SMILES string of the molecule is COC(=O)CCc1ccc(C(CCCC(C)C)NS(=O)(=O)c2ccc(F)cc2)s1. The van der Waals surface area contributed by atoms with Gasteiger partial charge in [-0.2, -0.15) is 0 Å². The molecule has 8 heteroatoms. The molecule has 5 nitrogen and oxygen atoms in total. The van der Waals surface area contributed by atoms with E-state index in [1.165, 1.54) is 30.6 Å². The minimum atomic E-state index is -3.78. The summed E-state index contributed by atoms with van der Waals surface area (Å²) in [7, 11) is -2.42. The van der Waals surface area contributed by atoms with Crippen molar-refractivity contribution in [2.24, 2.45) is 5.92 Å². The maximum absolute atomic E-state index is 13.2. The molecule has 1 unspecified atom stereocenters. The zero-order chi connectivity index (χ0) is 21.4. The molecule has 2 aromatic rings. The van der Waals surface area contributed by atoms with Crippen molar-refractivity contribution < 1.29 is 22.3 Å². The molecule has 1 heterocycles. The molecule has 0 aliphatic rings. The van der Waals surface area contributed by atoms with E-state index in [-0.39, 0.29) is 23.3 Å². The molecule has 0 amide bonds. The van der Waals surface area contributed by atoms with Gasteiger partial charge in [0.15, 0.2) is 0 Å². The van der Waals surface area contributed by atoms with Crippen molar-refractivity contribution in [2.75, 3.05) is 7.11 Å². The van der Waals surface area contributed by atoms with Gasteiger partial charge in [-0.3, -0.25) is 4.79 Å². The lowest BCUT2D eigenvalue weighted by atomic mass is 10.0. The molecule has 0 spiro atoms. The molecule has 0 aliphatic heterocycles. The van der Waals surface area contributed by atoms with Gasteiger partial charge in [0.25, 0.3) is 0 Å². The molecule has 0 saturated heterocycles. The van der Waals surface area contributed by atoms with E-state index in [0.717, 1.165) is 34.7 Å². The normalized spacial score (nSPS) is 12.9. The van der Waals surface area contributed by atoms with E-state index < -0.39 is 15.8 Å². The molecule has 29 heavy (non-hydrogen) atoms. The van der Waals surface area contributed by atoms with Gasteiger partial charge in [-0.25, -0.2) is 17.5 Å². The van der Waals surface area contributed by atoms with Crippen molar-refractivity contribution >= 4 is 27.3 Å². The Balaban J connectivity index is 2.17. The second-order valence-corrected chi connectivity index (χ2v) is 10.2. The number of ether oxygens (including phenoxy) is 1. The van der Waals surface area contributed by atoms with Crippen LogP contribution in [0.5, 0.6) is 0 Å². The molecule has 1 aromatic carbocycles. The quantitative estimate of drug-likeness (QED) is 0.507. The van der Waals surface area contributed by atoms with E-state index >= 15 is 0 Å². The monoisotopic (exact) mass is 441 g/mol. The van der Waals surface area contributed by atoms with E-state index in [4.69, 9.17) is 0 Å². The number of hydrogen-bond donors (Lipinski definition) is 1. The molecule has 160 valence electrons. The van der Waals surface area contributed by atoms with E-state index in [9.17, 15) is 17.6 Å². The lowest BCUT2D eigenvalue weighted by Gasteiger charge is -2.18. The fourth-order valence-corrected chi connectivity index (χ4v) is 5.32. The summed E-state index contributed by atoms with van der Waals surface area (Å²) < 4.78 is 46.2. The molecule has 1 N–H and O–H groups in total. The maximum Gasteiger partial charge on any atom is 0.305 e. The number of rotatable bonds is 11. The Hall–Kier alpha value is -1.77. The first-order chi connectivity index (χ1) is 13.7. The number of esters is 1.